The summed E-state index contributed by atoms with van der Waals surface area (Å²) in [5.74, 6) is 1.27. The predicted molar refractivity (Wildman–Crippen MR) is 89.9 cm³/mol. The molecule has 1 aromatic carbocycles. The maximum Gasteiger partial charge on any atom is 0.410 e. The first-order chi connectivity index (χ1) is 10.1. The molecule has 0 aliphatic carbocycles. The molecule has 22 heavy (non-hydrogen) atoms. The fourth-order valence-corrected chi connectivity index (χ4v) is 3.70. The number of benzene rings is 1. The zero-order valence-corrected chi connectivity index (χ0v) is 14.4. The zero-order chi connectivity index (χ0) is 14.8. The molecule has 2 heterocycles. The van der Waals surface area contributed by atoms with Crippen LogP contribution in [0.3, 0.4) is 0 Å². The quantitative estimate of drug-likeness (QED) is 0.871. The summed E-state index contributed by atoms with van der Waals surface area (Å²) in [5, 5.41) is 4.48. The highest BCUT2D eigenvalue weighted by Gasteiger charge is 2.34. The smallest absolute Gasteiger partial charge is 0.410 e. The standard InChI is InChI=1S/C15H18Cl2N2O2.ClH/c16-13-3-10(4-14(17)5-13)9-21-15(20)19-2-1-11-6-18-7-12(11)8-19;/h3-5,11-12,18H,1-2,6-9H2;1H/t11-,12-;/m0./s1. The highest BCUT2D eigenvalue weighted by atomic mass is 35.5. The summed E-state index contributed by atoms with van der Waals surface area (Å²) in [6.45, 7) is 3.83. The summed E-state index contributed by atoms with van der Waals surface area (Å²) in [4.78, 5) is 14.0. The third kappa shape index (κ3) is 4.19. The lowest BCUT2D eigenvalue weighted by Gasteiger charge is -2.33. The van der Waals surface area contributed by atoms with Gasteiger partial charge in [0.1, 0.15) is 6.61 Å². The van der Waals surface area contributed by atoms with Crippen molar-refractivity contribution in [1.82, 2.24) is 10.2 Å². The molecular weight excluding hydrogens is 347 g/mol. The molecule has 0 spiro atoms. The van der Waals surface area contributed by atoms with Crippen LogP contribution in [0.15, 0.2) is 18.2 Å². The number of nitrogens with one attached hydrogen (secondary N) is 1. The number of rotatable bonds is 2. The van der Waals surface area contributed by atoms with Crippen molar-refractivity contribution in [1.29, 1.82) is 0 Å². The number of carbonyl (C=O) groups is 1. The maximum absolute atomic E-state index is 12.1. The van der Waals surface area contributed by atoms with Crippen molar-refractivity contribution in [2.45, 2.75) is 13.0 Å². The van der Waals surface area contributed by atoms with Crippen LogP contribution in [0.5, 0.6) is 0 Å². The van der Waals surface area contributed by atoms with E-state index in [2.05, 4.69) is 5.32 Å². The monoisotopic (exact) mass is 364 g/mol. The Hall–Kier alpha value is -0.680. The van der Waals surface area contributed by atoms with Crippen molar-refractivity contribution < 1.29 is 9.53 Å². The molecule has 1 N–H and O–H groups in total. The largest absolute Gasteiger partial charge is 0.445 e. The molecule has 2 fully saturated rings. The van der Waals surface area contributed by atoms with E-state index in [-0.39, 0.29) is 25.1 Å². The fraction of sp³-hybridized carbons (Fsp3) is 0.533. The molecule has 4 nitrogen and oxygen atoms in total. The van der Waals surface area contributed by atoms with Crippen LogP contribution in [0, 0.1) is 11.8 Å². The number of carbonyl (C=O) groups excluding carboxylic acids is 1. The molecule has 1 amide bonds. The van der Waals surface area contributed by atoms with Crippen LogP contribution >= 0.6 is 35.6 Å². The van der Waals surface area contributed by atoms with Crippen molar-refractivity contribution in [3.05, 3.63) is 33.8 Å². The molecule has 0 aromatic heterocycles. The molecule has 0 bridgehead atoms. The van der Waals surface area contributed by atoms with Crippen LogP contribution in [-0.4, -0.2) is 37.2 Å². The molecule has 2 aliphatic rings. The zero-order valence-electron chi connectivity index (χ0n) is 12.1. The fourth-order valence-electron chi connectivity index (χ4n) is 3.13. The maximum atomic E-state index is 12.1. The van der Waals surface area contributed by atoms with Gasteiger partial charge in [0.15, 0.2) is 0 Å². The molecule has 122 valence electrons. The number of piperidine rings is 1. The van der Waals surface area contributed by atoms with E-state index in [1.54, 1.807) is 23.1 Å². The van der Waals surface area contributed by atoms with E-state index in [0.717, 1.165) is 38.2 Å². The molecule has 0 saturated carbocycles. The SMILES string of the molecule is Cl.O=C(OCc1cc(Cl)cc(Cl)c1)N1CC[C@H]2CNC[C@H]2C1. The van der Waals surface area contributed by atoms with Crippen molar-refractivity contribution >= 4 is 41.7 Å². The average Bonchev–Trinajstić information content (AvgIpc) is 2.91. The number of halogens is 3. The van der Waals surface area contributed by atoms with E-state index < -0.39 is 0 Å². The summed E-state index contributed by atoms with van der Waals surface area (Å²) >= 11 is 11.9. The van der Waals surface area contributed by atoms with Gasteiger partial charge in [0.2, 0.25) is 0 Å². The van der Waals surface area contributed by atoms with Gasteiger partial charge in [-0.3, -0.25) is 0 Å². The van der Waals surface area contributed by atoms with Gasteiger partial charge < -0.3 is 15.0 Å². The third-order valence-electron chi connectivity index (χ3n) is 4.25. The number of likely N-dealkylation sites (tertiary alicyclic amines) is 1. The van der Waals surface area contributed by atoms with Gasteiger partial charge in [0, 0.05) is 23.1 Å². The van der Waals surface area contributed by atoms with Gasteiger partial charge in [-0.2, -0.15) is 0 Å². The van der Waals surface area contributed by atoms with Gasteiger partial charge in [0.05, 0.1) is 0 Å². The Kier molecular flexibility index (Phi) is 6.21. The van der Waals surface area contributed by atoms with Gasteiger partial charge in [-0.05, 0) is 55.1 Å². The molecule has 2 atom stereocenters. The molecule has 2 aliphatic heterocycles. The second-order valence-corrected chi connectivity index (χ2v) is 6.62. The lowest BCUT2D eigenvalue weighted by molar-refractivity contribution is 0.0730. The van der Waals surface area contributed by atoms with Gasteiger partial charge in [-0.15, -0.1) is 12.4 Å². The van der Waals surface area contributed by atoms with Crippen LogP contribution in [0.25, 0.3) is 0 Å². The Labute approximate surface area is 146 Å². The lowest BCUT2D eigenvalue weighted by Crippen LogP contribution is -2.43. The molecule has 1 aromatic rings. The van der Waals surface area contributed by atoms with E-state index in [9.17, 15) is 4.79 Å². The van der Waals surface area contributed by atoms with Crippen molar-refractivity contribution in [2.24, 2.45) is 11.8 Å². The molecule has 0 unspecified atom stereocenters. The minimum absolute atomic E-state index is 0. The first-order valence-electron chi connectivity index (χ1n) is 7.19. The lowest BCUT2D eigenvalue weighted by atomic mass is 9.89. The second kappa shape index (κ2) is 7.73. The Bertz CT molecular complexity index is 521. The number of hydrogen-bond donors (Lipinski definition) is 1. The molecular formula is C15H19Cl3N2O2. The summed E-state index contributed by atoms with van der Waals surface area (Å²) in [6, 6.07) is 5.17. The Balaban J connectivity index is 0.00000176. The van der Waals surface area contributed by atoms with Crippen LogP contribution in [-0.2, 0) is 11.3 Å². The van der Waals surface area contributed by atoms with Gasteiger partial charge >= 0.3 is 6.09 Å². The summed E-state index contributed by atoms with van der Waals surface area (Å²) in [6.07, 6.45) is 0.798. The highest BCUT2D eigenvalue weighted by Crippen LogP contribution is 2.27. The van der Waals surface area contributed by atoms with Gasteiger partial charge in [0.25, 0.3) is 0 Å². The number of hydrogen-bond acceptors (Lipinski definition) is 3. The minimum atomic E-state index is -0.253. The van der Waals surface area contributed by atoms with Crippen LogP contribution in [0.4, 0.5) is 4.79 Å². The van der Waals surface area contributed by atoms with Crippen LogP contribution in [0.1, 0.15) is 12.0 Å². The third-order valence-corrected chi connectivity index (χ3v) is 4.68. The second-order valence-electron chi connectivity index (χ2n) is 5.75. The number of fused-ring (bicyclic) bond motifs is 1. The van der Waals surface area contributed by atoms with Gasteiger partial charge in [-0.1, -0.05) is 23.2 Å². The first kappa shape index (κ1) is 17.7. The minimum Gasteiger partial charge on any atom is -0.445 e. The van der Waals surface area contributed by atoms with Crippen molar-refractivity contribution in [2.75, 3.05) is 26.2 Å². The van der Waals surface area contributed by atoms with Crippen molar-refractivity contribution in [3.8, 4) is 0 Å². The highest BCUT2D eigenvalue weighted by molar-refractivity contribution is 6.34. The van der Waals surface area contributed by atoms with E-state index in [1.165, 1.54) is 0 Å². The van der Waals surface area contributed by atoms with Crippen LogP contribution in [0.2, 0.25) is 10.0 Å². The van der Waals surface area contributed by atoms with E-state index in [4.69, 9.17) is 27.9 Å². The topological polar surface area (TPSA) is 41.6 Å². The van der Waals surface area contributed by atoms with Crippen molar-refractivity contribution in [3.63, 3.8) is 0 Å². The first-order valence-corrected chi connectivity index (χ1v) is 7.95. The van der Waals surface area contributed by atoms with E-state index >= 15 is 0 Å². The van der Waals surface area contributed by atoms with E-state index in [0.29, 0.717) is 21.9 Å². The van der Waals surface area contributed by atoms with Gasteiger partial charge in [-0.25, -0.2) is 4.79 Å². The number of ether oxygens (including phenoxy) is 1. The number of amides is 1. The van der Waals surface area contributed by atoms with Crippen LogP contribution < -0.4 is 5.32 Å². The predicted octanol–water partition coefficient (Wildman–Crippen LogP) is 3.59. The Morgan fingerprint density at radius 2 is 1.91 bits per heavy atom. The summed E-state index contributed by atoms with van der Waals surface area (Å²) in [7, 11) is 0. The normalized spacial score (nSPS) is 23.6. The Morgan fingerprint density at radius 3 is 2.64 bits per heavy atom. The molecule has 7 heteroatoms. The molecule has 3 rings (SSSR count). The Morgan fingerprint density at radius 1 is 1.23 bits per heavy atom. The molecule has 0 radical (unpaired) electrons. The average molecular weight is 366 g/mol. The number of nitrogens with zero attached hydrogens (tertiary/aromatic N) is 1. The van der Waals surface area contributed by atoms with E-state index in [1.807, 2.05) is 0 Å². The summed E-state index contributed by atoms with van der Waals surface area (Å²) < 4.78 is 5.38. The summed E-state index contributed by atoms with van der Waals surface area (Å²) in [5.41, 5.74) is 0.804. The molecule has 2 saturated heterocycles.